The summed E-state index contributed by atoms with van der Waals surface area (Å²) in [6.45, 7) is 2.99. The van der Waals surface area contributed by atoms with Crippen LogP contribution in [0.25, 0.3) is 0 Å². The fourth-order valence-electron chi connectivity index (χ4n) is 2.65. The van der Waals surface area contributed by atoms with E-state index in [1.807, 2.05) is 78.9 Å². The maximum atomic E-state index is 12.2. The van der Waals surface area contributed by atoms with E-state index in [0.717, 1.165) is 30.0 Å². The van der Waals surface area contributed by atoms with Crippen molar-refractivity contribution in [3.05, 3.63) is 78.9 Å². The van der Waals surface area contributed by atoms with Gasteiger partial charge in [0, 0.05) is 17.4 Å². The lowest BCUT2D eigenvalue weighted by Crippen LogP contribution is -2.21. The number of rotatable bonds is 10. The molecule has 0 aliphatic heterocycles. The van der Waals surface area contributed by atoms with Crippen molar-refractivity contribution in [1.29, 1.82) is 0 Å². The smallest absolute Gasteiger partial charge is 0.243 e. The SMILES string of the molecule is CCCCOc1cccc(NCC(=O)Nc2ccc(Oc3ccccc3)cc2)c1. The van der Waals surface area contributed by atoms with Crippen LogP contribution in [0.1, 0.15) is 19.8 Å². The summed E-state index contributed by atoms with van der Waals surface area (Å²) in [5.74, 6) is 2.17. The fraction of sp³-hybridized carbons (Fsp3) is 0.208. The van der Waals surface area contributed by atoms with Gasteiger partial charge in [0.25, 0.3) is 0 Å². The van der Waals surface area contributed by atoms with Crippen LogP contribution in [0.5, 0.6) is 17.2 Å². The quantitative estimate of drug-likeness (QED) is 0.435. The van der Waals surface area contributed by atoms with Gasteiger partial charge in [0.2, 0.25) is 5.91 Å². The molecular formula is C24H26N2O3. The Hall–Kier alpha value is -3.47. The van der Waals surface area contributed by atoms with Crippen LogP contribution in [0.15, 0.2) is 78.9 Å². The van der Waals surface area contributed by atoms with E-state index in [0.29, 0.717) is 18.0 Å². The Morgan fingerprint density at radius 1 is 0.828 bits per heavy atom. The lowest BCUT2D eigenvalue weighted by atomic mass is 10.3. The monoisotopic (exact) mass is 390 g/mol. The van der Waals surface area contributed by atoms with Gasteiger partial charge in [-0.1, -0.05) is 37.6 Å². The van der Waals surface area contributed by atoms with Crippen molar-refractivity contribution >= 4 is 17.3 Å². The number of benzene rings is 3. The second kappa shape index (κ2) is 10.8. The predicted molar refractivity (Wildman–Crippen MR) is 117 cm³/mol. The Kier molecular flexibility index (Phi) is 7.52. The molecular weight excluding hydrogens is 364 g/mol. The molecule has 3 rings (SSSR count). The van der Waals surface area contributed by atoms with Gasteiger partial charge in [-0.05, 0) is 55.0 Å². The molecule has 1 amide bonds. The van der Waals surface area contributed by atoms with Gasteiger partial charge < -0.3 is 20.1 Å². The van der Waals surface area contributed by atoms with E-state index in [4.69, 9.17) is 9.47 Å². The second-order valence-corrected chi connectivity index (χ2v) is 6.57. The molecule has 0 aliphatic carbocycles. The van der Waals surface area contributed by atoms with Crippen molar-refractivity contribution in [2.24, 2.45) is 0 Å². The van der Waals surface area contributed by atoms with Crippen LogP contribution < -0.4 is 20.1 Å². The van der Waals surface area contributed by atoms with Crippen molar-refractivity contribution in [2.45, 2.75) is 19.8 Å². The van der Waals surface area contributed by atoms with Gasteiger partial charge in [-0.2, -0.15) is 0 Å². The Bertz CT molecular complexity index is 896. The molecule has 0 heterocycles. The zero-order valence-corrected chi connectivity index (χ0v) is 16.6. The number of carbonyl (C=O) groups excluding carboxylic acids is 1. The highest BCUT2D eigenvalue weighted by molar-refractivity contribution is 5.93. The molecule has 5 nitrogen and oxygen atoms in total. The number of ether oxygens (including phenoxy) is 2. The molecule has 0 saturated heterocycles. The number of hydrogen-bond acceptors (Lipinski definition) is 4. The molecule has 150 valence electrons. The minimum absolute atomic E-state index is 0.126. The lowest BCUT2D eigenvalue weighted by molar-refractivity contribution is -0.114. The van der Waals surface area contributed by atoms with Gasteiger partial charge >= 0.3 is 0 Å². The summed E-state index contributed by atoms with van der Waals surface area (Å²) in [6.07, 6.45) is 2.12. The number of hydrogen-bond donors (Lipinski definition) is 2. The fourth-order valence-corrected chi connectivity index (χ4v) is 2.65. The molecule has 3 aromatic carbocycles. The van der Waals surface area contributed by atoms with Crippen molar-refractivity contribution in [1.82, 2.24) is 0 Å². The molecule has 5 heteroatoms. The summed E-state index contributed by atoms with van der Waals surface area (Å²) in [5.41, 5.74) is 1.56. The normalized spacial score (nSPS) is 10.2. The lowest BCUT2D eigenvalue weighted by Gasteiger charge is -2.11. The first-order valence-electron chi connectivity index (χ1n) is 9.82. The summed E-state index contributed by atoms with van der Waals surface area (Å²) < 4.78 is 11.4. The maximum Gasteiger partial charge on any atom is 0.243 e. The summed E-state index contributed by atoms with van der Waals surface area (Å²) >= 11 is 0. The molecule has 0 saturated carbocycles. The minimum atomic E-state index is -0.126. The van der Waals surface area contributed by atoms with E-state index >= 15 is 0 Å². The number of unbranched alkanes of at least 4 members (excludes halogenated alkanes) is 1. The summed E-state index contributed by atoms with van der Waals surface area (Å²) in [5, 5.41) is 5.99. The molecule has 29 heavy (non-hydrogen) atoms. The molecule has 0 atom stereocenters. The third kappa shape index (κ3) is 6.88. The summed E-state index contributed by atoms with van der Waals surface area (Å²) in [6, 6.07) is 24.5. The third-order valence-corrected chi connectivity index (χ3v) is 4.17. The van der Waals surface area contributed by atoms with Gasteiger partial charge in [0.05, 0.1) is 13.2 Å². The van der Waals surface area contributed by atoms with Crippen LogP contribution in [0.2, 0.25) is 0 Å². The van der Waals surface area contributed by atoms with E-state index in [1.54, 1.807) is 0 Å². The van der Waals surface area contributed by atoms with Crippen LogP contribution in [-0.2, 0) is 4.79 Å². The summed E-state index contributed by atoms with van der Waals surface area (Å²) in [7, 11) is 0. The van der Waals surface area contributed by atoms with Crippen LogP contribution in [0.4, 0.5) is 11.4 Å². The average Bonchev–Trinajstić information content (AvgIpc) is 2.75. The molecule has 0 unspecified atom stereocenters. The standard InChI is InChI=1S/C24H26N2O3/c1-2-3-16-28-23-11-7-8-20(17-23)25-18-24(27)26-19-12-14-22(15-13-19)29-21-9-5-4-6-10-21/h4-15,17,25H,2-3,16,18H2,1H3,(H,26,27). The first-order valence-corrected chi connectivity index (χ1v) is 9.82. The van der Waals surface area contributed by atoms with Crippen LogP contribution in [-0.4, -0.2) is 19.1 Å². The molecule has 0 aliphatic rings. The third-order valence-electron chi connectivity index (χ3n) is 4.17. The van der Waals surface area contributed by atoms with Crippen molar-refractivity contribution < 1.29 is 14.3 Å². The molecule has 0 radical (unpaired) electrons. The van der Waals surface area contributed by atoms with Gasteiger partial charge in [0.1, 0.15) is 17.2 Å². The largest absolute Gasteiger partial charge is 0.494 e. The van der Waals surface area contributed by atoms with Gasteiger partial charge in [-0.15, -0.1) is 0 Å². The highest BCUT2D eigenvalue weighted by Crippen LogP contribution is 2.22. The topological polar surface area (TPSA) is 59.6 Å². The molecule has 0 spiro atoms. The number of anilines is 2. The Morgan fingerprint density at radius 3 is 2.31 bits per heavy atom. The number of nitrogens with one attached hydrogen (secondary N) is 2. The molecule has 0 bridgehead atoms. The van der Waals surface area contributed by atoms with E-state index in [9.17, 15) is 4.79 Å². The minimum Gasteiger partial charge on any atom is -0.494 e. The van der Waals surface area contributed by atoms with Gasteiger partial charge in [-0.3, -0.25) is 4.79 Å². The maximum absolute atomic E-state index is 12.2. The summed E-state index contributed by atoms with van der Waals surface area (Å²) in [4.78, 5) is 12.2. The molecule has 0 aromatic heterocycles. The molecule has 3 aromatic rings. The van der Waals surface area contributed by atoms with Crippen molar-refractivity contribution in [3.63, 3.8) is 0 Å². The number of carbonyl (C=O) groups is 1. The number of para-hydroxylation sites is 1. The Balaban J connectivity index is 1.46. The van der Waals surface area contributed by atoms with Crippen LogP contribution >= 0.6 is 0 Å². The predicted octanol–water partition coefficient (Wildman–Crippen LogP) is 5.71. The zero-order chi connectivity index (χ0) is 20.3. The van der Waals surface area contributed by atoms with E-state index in [1.165, 1.54) is 0 Å². The Labute approximate surface area is 171 Å². The first kappa shape index (κ1) is 20.3. The highest BCUT2D eigenvalue weighted by Gasteiger charge is 2.04. The van der Waals surface area contributed by atoms with Crippen LogP contribution in [0, 0.1) is 0 Å². The van der Waals surface area contributed by atoms with Crippen molar-refractivity contribution in [2.75, 3.05) is 23.8 Å². The highest BCUT2D eigenvalue weighted by atomic mass is 16.5. The number of amides is 1. The van der Waals surface area contributed by atoms with Gasteiger partial charge in [-0.25, -0.2) is 0 Å². The average molecular weight is 390 g/mol. The molecule has 0 fully saturated rings. The first-order chi connectivity index (χ1) is 14.2. The van der Waals surface area contributed by atoms with E-state index < -0.39 is 0 Å². The van der Waals surface area contributed by atoms with Crippen LogP contribution in [0.3, 0.4) is 0 Å². The van der Waals surface area contributed by atoms with E-state index in [-0.39, 0.29) is 12.5 Å². The van der Waals surface area contributed by atoms with E-state index in [2.05, 4.69) is 17.6 Å². The second-order valence-electron chi connectivity index (χ2n) is 6.57. The zero-order valence-electron chi connectivity index (χ0n) is 16.6. The Morgan fingerprint density at radius 2 is 1.55 bits per heavy atom. The molecule has 2 N–H and O–H groups in total. The van der Waals surface area contributed by atoms with Crippen molar-refractivity contribution in [3.8, 4) is 17.2 Å². The van der Waals surface area contributed by atoms with Gasteiger partial charge in [0.15, 0.2) is 0 Å².